The van der Waals surface area contributed by atoms with Crippen LogP contribution in [-0.4, -0.2) is 75.3 Å². The summed E-state index contributed by atoms with van der Waals surface area (Å²) in [7, 11) is 4.33. The van der Waals surface area contributed by atoms with Crippen molar-refractivity contribution in [3.8, 4) is 0 Å². The van der Waals surface area contributed by atoms with Crippen LogP contribution in [0.3, 0.4) is 0 Å². The molecule has 2 aromatic rings. The van der Waals surface area contributed by atoms with Crippen LogP contribution in [0, 0.1) is 11.3 Å². The molecule has 1 saturated heterocycles. The Labute approximate surface area is 164 Å². The molecular weight excluding hydrogens is 356 g/mol. The van der Waals surface area contributed by atoms with Crippen LogP contribution < -0.4 is 10.2 Å². The number of tetrazole rings is 1. The van der Waals surface area contributed by atoms with Crippen LogP contribution >= 0.6 is 0 Å². The Morgan fingerprint density at radius 1 is 1.25 bits per heavy atom. The van der Waals surface area contributed by atoms with E-state index in [0.29, 0.717) is 23.1 Å². The van der Waals surface area contributed by atoms with E-state index in [9.17, 15) is 4.79 Å². The monoisotopic (exact) mass is 384 g/mol. The molecule has 28 heavy (non-hydrogen) atoms. The first-order valence-corrected chi connectivity index (χ1v) is 10.3. The third kappa shape index (κ3) is 2.75. The maximum Gasteiger partial charge on any atom is 0.223 e. The second-order valence-corrected chi connectivity index (χ2v) is 8.84. The lowest BCUT2D eigenvalue weighted by molar-refractivity contribution is -0.138. The first-order chi connectivity index (χ1) is 13.6. The van der Waals surface area contributed by atoms with Crippen molar-refractivity contribution < 1.29 is 4.79 Å². The van der Waals surface area contributed by atoms with Gasteiger partial charge < -0.3 is 15.1 Å². The lowest BCUT2D eigenvalue weighted by Crippen LogP contribution is -2.70. The number of hydrogen-bond acceptors (Lipinski definition) is 7. The van der Waals surface area contributed by atoms with Crippen LogP contribution in [0.25, 0.3) is 5.65 Å². The SMILES string of the molecule is CN(C)C1CC(NC(=O)C2CCN(c3ccc4nnnn4n3)CC2)C12CCC2. The Kier molecular flexibility index (Phi) is 4.22. The molecule has 1 N–H and O–H groups in total. The van der Waals surface area contributed by atoms with Crippen molar-refractivity contribution in [1.82, 2.24) is 35.5 Å². The molecule has 150 valence electrons. The molecule has 9 nitrogen and oxygen atoms in total. The molecule has 3 aliphatic rings. The van der Waals surface area contributed by atoms with E-state index < -0.39 is 0 Å². The number of nitrogens with one attached hydrogen (secondary N) is 1. The van der Waals surface area contributed by atoms with Crippen LogP contribution in [0.4, 0.5) is 5.82 Å². The lowest BCUT2D eigenvalue weighted by Gasteiger charge is -2.63. The number of hydrogen-bond donors (Lipinski definition) is 1. The fourth-order valence-electron chi connectivity index (χ4n) is 5.43. The topological polar surface area (TPSA) is 91.5 Å². The highest BCUT2D eigenvalue weighted by molar-refractivity contribution is 5.79. The van der Waals surface area contributed by atoms with Crippen LogP contribution in [0.2, 0.25) is 0 Å². The molecule has 2 aliphatic carbocycles. The maximum atomic E-state index is 12.9. The van der Waals surface area contributed by atoms with Gasteiger partial charge in [0.2, 0.25) is 5.91 Å². The van der Waals surface area contributed by atoms with Crippen molar-refractivity contribution in [3.05, 3.63) is 12.1 Å². The summed E-state index contributed by atoms with van der Waals surface area (Å²) in [5.74, 6) is 1.21. The average Bonchev–Trinajstić information content (AvgIpc) is 3.11. The van der Waals surface area contributed by atoms with Crippen molar-refractivity contribution in [2.75, 3.05) is 32.1 Å². The third-order valence-corrected chi connectivity index (χ3v) is 7.29. The smallest absolute Gasteiger partial charge is 0.223 e. The van der Waals surface area contributed by atoms with Gasteiger partial charge in [-0.3, -0.25) is 4.79 Å². The lowest BCUT2D eigenvalue weighted by atomic mass is 9.49. The number of amides is 1. The number of fused-ring (bicyclic) bond motifs is 1. The van der Waals surface area contributed by atoms with E-state index in [1.165, 1.54) is 23.9 Å². The largest absolute Gasteiger partial charge is 0.355 e. The minimum Gasteiger partial charge on any atom is -0.355 e. The van der Waals surface area contributed by atoms with Gasteiger partial charge in [0.15, 0.2) is 11.5 Å². The Balaban J connectivity index is 1.17. The minimum atomic E-state index is 0.101. The van der Waals surface area contributed by atoms with Gasteiger partial charge in [-0.15, -0.1) is 14.8 Å². The highest BCUT2D eigenvalue weighted by atomic mass is 16.2. The van der Waals surface area contributed by atoms with E-state index in [1.54, 1.807) is 0 Å². The highest BCUT2D eigenvalue weighted by Crippen LogP contribution is 2.57. The first-order valence-electron chi connectivity index (χ1n) is 10.3. The van der Waals surface area contributed by atoms with Gasteiger partial charge >= 0.3 is 0 Å². The van der Waals surface area contributed by atoms with E-state index in [2.05, 4.69) is 49.8 Å². The quantitative estimate of drug-likeness (QED) is 0.831. The standard InChI is InChI=1S/C19H28N8O/c1-25(2)15-12-14(19(15)8-3-9-19)20-18(28)13-6-10-26(11-7-13)17-5-4-16-21-23-24-27(16)22-17/h4-5,13-15H,3,6-12H2,1-2H3,(H,20,28). The molecule has 3 heterocycles. The third-order valence-electron chi connectivity index (χ3n) is 7.29. The predicted octanol–water partition coefficient (Wildman–Crippen LogP) is 0.725. The molecule has 9 heteroatoms. The maximum absolute atomic E-state index is 12.9. The van der Waals surface area contributed by atoms with Gasteiger partial charge in [0, 0.05) is 36.5 Å². The van der Waals surface area contributed by atoms with Gasteiger partial charge in [-0.05, 0) is 68.8 Å². The first kappa shape index (κ1) is 17.8. The second-order valence-electron chi connectivity index (χ2n) is 8.84. The van der Waals surface area contributed by atoms with Crippen molar-refractivity contribution in [1.29, 1.82) is 0 Å². The van der Waals surface area contributed by atoms with Crippen molar-refractivity contribution in [3.63, 3.8) is 0 Å². The zero-order valence-corrected chi connectivity index (χ0v) is 16.6. The number of carbonyl (C=O) groups excluding carboxylic acids is 1. The number of nitrogens with zero attached hydrogens (tertiary/aromatic N) is 7. The molecule has 1 aliphatic heterocycles. The van der Waals surface area contributed by atoms with Gasteiger partial charge in [-0.2, -0.15) is 0 Å². The number of piperidine rings is 1. The van der Waals surface area contributed by atoms with E-state index in [0.717, 1.165) is 38.2 Å². The molecule has 5 rings (SSSR count). The van der Waals surface area contributed by atoms with Crippen LogP contribution in [-0.2, 0) is 4.79 Å². The summed E-state index contributed by atoms with van der Waals surface area (Å²) in [5.41, 5.74) is 0.977. The molecule has 2 saturated carbocycles. The number of aromatic nitrogens is 5. The molecule has 0 bridgehead atoms. The van der Waals surface area contributed by atoms with Gasteiger partial charge in [0.05, 0.1) is 0 Å². The van der Waals surface area contributed by atoms with Crippen molar-refractivity contribution in [2.24, 2.45) is 11.3 Å². The van der Waals surface area contributed by atoms with Crippen molar-refractivity contribution in [2.45, 2.75) is 50.6 Å². The molecule has 2 unspecified atom stereocenters. The molecule has 0 aromatic carbocycles. The van der Waals surface area contributed by atoms with Crippen LogP contribution in [0.5, 0.6) is 0 Å². The predicted molar refractivity (Wildman–Crippen MR) is 104 cm³/mol. The van der Waals surface area contributed by atoms with Gasteiger partial charge in [-0.1, -0.05) is 6.42 Å². The van der Waals surface area contributed by atoms with E-state index in [-0.39, 0.29) is 11.8 Å². The average molecular weight is 384 g/mol. The molecule has 0 radical (unpaired) electrons. The van der Waals surface area contributed by atoms with Gasteiger partial charge in [0.1, 0.15) is 0 Å². The Morgan fingerprint density at radius 3 is 2.71 bits per heavy atom. The summed E-state index contributed by atoms with van der Waals surface area (Å²) in [6.45, 7) is 1.66. The highest BCUT2D eigenvalue weighted by Gasteiger charge is 2.59. The fourth-order valence-corrected chi connectivity index (χ4v) is 5.43. The van der Waals surface area contributed by atoms with E-state index in [4.69, 9.17) is 0 Å². The van der Waals surface area contributed by atoms with Crippen molar-refractivity contribution >= 4 is 17.4 Å². The summed E-state index contributed by atoms with van der Waals surface area (Å²) in [5, 5.41) is 19.2. The fraction of sp³-hybridized carbons (Fsp3) is 0.737. The summed E-state index contributed by atoms with van der Waals surface area (Å²) in [6, 6.07) is 4.81. The molecule has 1 amide bonds. The molecule has 3 fully saturated rings. The summed E-state index contributed by atoms with van der Waals surface area (Å²) < 4.78 is 1.45. The van der Waals surface area contributed by atoms with Gasteiger partial charge in [0.25, 0.3) is 0 Å². The zero-order chi connectivity index (χ0) is 19.3. The normalized spacial score (nSPS) is 27.0. The number of rotatable bonds is 4. The summed E-state index contributed by atoms with van der Waals surface area (Å²) in [6.07, 6.45) is 6.62. The molecule has 2 atom stereocenters. The molecule has 1 spiro atoms. The number of anilines is 1. The zero-order valence-electron chi connectivity index (χ0n) is 16.6. The number of carbonyl (C=O) groups is 1. The second kappa shape index (κ2) is 6.65. The Hall–Kier alpha value is -2.29. The summed E-state index contributed by atoms with van der Waals surface area (Å²) in [4.78, 5) is 17.5. The summed E-state index contributed by atoms with van der Waals surface area (Å²) >= 11 is 0. The van der Waals surface area contributed by atoms with E-state index >= 15 is 0 Å². The molecular formula is C19H28N8O. The Morgan fingerprint density at radius 2 is 2.04 bits per heavy atom. The van der Waals surface area contributed by atoms with E-state index in [1.807, 2.05) is 12.1 Å². The van der Waals surface area contributed by atoms with Gasteiger partial charge in [-0.25, -0.2) is 0 Å². The van der Waals surface area contributed by atoms with Crippen LogP contribution in [0.1, 0.15) is 38.5 Å². The molecule has 2 aromatic heterocycles. The minimum absolute atomic E-state index is 0.101. The van der Waals surface area contributed by atoms with Crippen LogP contribution in [0.15, 0.2) is 12.1 Å². The Bertz CT molecular complexity index is 868.